The second-order valence-corrected chi connectivity index (χ2v) is 4.98. The maximum absolute atomic E-state index is 11.4. The summed E-state index contributed by atoms with van der Waals surface area (Å²) in [5.41, 5.74) is 1.42. The minimum absolute atomic E-state index is 0.323. The largest absolute Gasteiger partial charge is 0.364 e. The number of nitrogens with one attached hydrogen (secondary N) is 1. The molecule has 3 rings (SSSR count). The maximum Gasteiger partial charge on any atom is 0.364 e. The number of fused-ring (bicyclic) bond motifs is 1. The zero-order valence-corrected chi connectivity index (χ0v) is 10.4. The Morgan fingerprint density at radius 2 is 1.94 bits per heavy atom. The van der Waals surface area contributed by atoms with Gasteiger partial charge in [-0.25, -0.2) is 9.89 Å². The van der Waals surface area contributed by atoms with Crippen molar-refractivity contribution in [1.82, 2.24) is 19.8 Å². The van der Waals surface area contributed by atoms with Gasteiger partial charge in [0.15, 0.2) is 5.65 Å². The Morgan fingerprint density at radius 3 is 2.72 bits per heavy atom. The van der Waals surface area contributed by atoms with Gasteiger partial charge in [0, 0.05) is 4.90 Å². The third-order valence-electron chi connectivity index (χ3n) is 2.49. The predicted molar refractivity (Wildman–Crippen MR) is 68.9 cm³/mol. The first-order valence-corrected chi connectivity index (χ1v) is 6.23. The van der Waals surface area contributed by atoms with Gasteiger partial charge < -0.3 is 0 Å². The molecule has 1 aromatic carbocycles. The van der Waals surface area contributed by atoms with Gasteiger partial charge in [-0.1, -0.05) is 29.5 Å². The maximum atomic E-state index is 11.4. The Balaban J connectivity index is 1.97. The number of aromatic nitrogens is 4. The molecule has 0 unspecified atom stereocenters. The van der Waals surface area contributed by atoms with Gasteiger partial charge in [-0.2, -0.15) is 14.7 Å². The summed E-state index contributed by atoms with van der Waals surface area (Å²) in [6.07, 6.45) is 0. The number of nitrogens with zero attached hydrogens (tertiary/aromatic N) is 3. The van der Waals surface area contributed by atoms with Crippen LogP contribution in [0.5, 0.6) is 0 Å². The molecule has 0 spiro atoms. The van der Waals surface area contributed by atoms with E-state index < -0.39 is 0 Å². The fourth-order valence-electron chi connectivity index (χ4n) is 1.57. The van der Waals surface area contributed by atoms with Crippen LogP contribution in [0, 0.1) is 6.92 Å². The second-order valence-electron chi connectivity index (χ2n) is 3.89. The van der Waals surface area contributed by atoms with Crippen LogP contribution in [-0.4, -0.2) is 19.8 Å². The van der Waals surface area contributed by atoms with E-state index in [1.165, 1.54) is 21.8 Å². The molecule has 5 nitrogen and oxygen atoms in total. The van der Waals surface area contributed by atoms with E-state index in [1.807, 2.05) is 37.3 Å². The van der Waals surface area contributed by atoms with Crippen LogP contribution < -0.4 is 5.69 Å². The zero-order chi connectivity index (χ0) is 12.5. The van der Waals surface area contributed by atoms with Gasteiger partial charge in [0.05, 0.1) is 0 Å². The van der Waals surface area contributed by atoms with E-state index >= 15 is 0 Å². The Bertz CT molecular complexity index is 745. The smallest absolute Gasteiger partial charge is 0.244 e. The molecule has 0 aliphatic rings. The molecule has 0 aliphatic carbocycles. The van der Waals surface area contributed by atoms with Gasteiger partial charge in [-0.3, -0.25) is 0 Å². The molecule has 0 aliphatic heterocycles. The van der Waals surface area contributed by atoms with Crippen LogP contribution in [0.25, 0.3) is 5.65 Å². The van der Waals surface area contributed by atoms with E-state index in [9.17, 15) is 4.79 Å². The van der Waals surface area contributed by atoms with Crippen molar-refractivity contribution in [2.24, 2.45) is 0 Å². The zero-order valence-electron chi connectivity index (χ0n) is 9.62. The van der Waals surface area contributed by atoms with Crippen molar-refractivity contribution < 1.29 is 0 Å². The Kier molecular flexibility index (Phi) is 2.64. The van der Waals surface area contributed by atoms with Crippen LogP contribution in [0.1, 0.15) is 5.56 Å². The van der Waals surface area contributed by atoms with Crippen LogP contribution in [0.2, 0.25) is 0 Å². The molecule has 0 saturated heterocycles. The van der Waals surface area contributed by atoms with E-state index in [-0.39, 0.29) is 5.69 Å². The molecule has 0 saturated carbocycles. The average Bonchev–Trinajstić information content (AvgIpc) is 2.74. The molecule has 2 aromatic heterocycles. The highest BCUT2D eigenvalue weighted by Crippen LogP contribution is 2.25. The van der Waals surface area contributed by atoms with E-state index in [0.717, 1.165) is 9.92 Å². The van der Waals surface area contributed by atoms with Gasteiger partial charge in [0.1, 0.15) is 5.03 Å². The van der Waals surface area contributed by atoms with Gasteiger partial charge in [0.25, 0.3) is 0 Å². The highest BCUT2D eigenvalue weighted by Gasteiger charge is 2.04. The fraction of sp³-hybridized carbons (Fsp3) is 0.0833. The quantitative estimate of drug-likeness (QED) is 0.762. The summed E-state index contributed by atoms with van der Waals surface area (Å²) in [6, 6.07) is 11.8. The van der Waals surface area contributed by atoms with Gasteiger partial charge in [0.2, 0.25) is 0 Å². The highest BCUT2D eigenvalue weighted by molar-refractivity contribution is 7.99. The Labute approximate surface area is 107 Å². The number of rotatable bonds is 2. The molecule has 0 bridgehead atoms. The summed E-state index contributed by atoms with van der Waals surface area (Å²) in [7, 11) is 0. The van der Waals surface area contributed by atoms with Crippen LogP contribution in [0.15, 0.2) is 51.1 Å². The van der Waals surface area contributed by atoms with Crippen molar-refractivity contribution in [3.05, 3.63) is 52.4 Å². The van der Waals surface area contributed by atoms with Crippen LogP contribution in [0.4, 0.5) is 0 Å². The minimum Gasteiger partial charge on any atom is -0.244 e. The van der Waals surface area contributed by atoms with E-state index in [0.29, 0.717) is 5.65 Å². The summed E-state index contributed by atoms with van der Waals surface area (Å²) in [6.45, 7) is 2.05. The number of aromatic amines is 1. The number of aryl methyl sites for hydroxylation is 1. The van der Waals surface area contributed by atoms with Crippen molar-refractivity contribution in [2.45, 2.75) is 16.8 Å². The molecule has 90 valence electrons. The molecule has 0 atom stereocenters. The third kappa shape index (κ3) is 2.02. The molecule has 0 radical (unpaired) electrons. The summed E-state index contributed by atoms with van der Waals surface area (Å²) in [5.74, 6) is 0. The first-order valence-electron chi connectivity index (χ1n) is 5.41. The summed E-state index contributed by atoms with van der Waals surface area (Å²) in [4.78, 5) is 12.5. The molecule has 2 heterocycles. The fourth-order valence-corrected chi connectivity index (χ4v) is 2.34. The molecule has 6 heteroatoms. The Hall–Kier alpha value is -2.08. The first kappa shape index (κ1) is 11.0. The van der Waals surface area contributed by atoms with Crippen molar-refractivity contribution in [1.29, 1.82) is 0 Å². The topological polar surface area (TPSA) is 63.0 Å². The highest BCUT2D eigenvalue weighted by atomic mass is 32.2. The number of benzene rings is 1. The van der Waals surface area contributed by atoms with Gasteiger partial charge in [-0.15, -0.1) is 0 Å². The lowest BCUT2D eigenvalue weighted by Crippen LogP contribution is -2.12. The first-order chi connectivity index (χ1) is 8.72. The lowest BCUT2D eigenvalue weighted by molar-refractivity contribution is 0.820. The summed E-state index contributed by atoms with van der Waals surface area (Å²) in [5, 5.41) is 11.2. The molecule has 0 fully saturated rings. The van der Waals surface area contributed by atoms with Crippen molar-refractivity contribution >= 4 is 17.4 Å². The van der Waals surface area contributed by atoms with E-state index in [4.69, 9.17) is 0 Å². The SMILES string of the molecule is Cc1ccc(Sc2ccc3n[nH]c(=O)n3n2)cc1. The molecule has 18 heavy (non-hydrogen) atoms. The predicted octanol–water partition coefficient (Wildman–Crippen LogP) is 1.88. The monoisotopic (exact) mass is 258 g/mol. The third-order valence-corrected chi connectivity index (χ3v) is 3.43. The number of hydrogen-bond acceptors (Lipinski definition) is 4. The van der Waals surface area contributed by atoms with Crippen molar-refractivity contribution in [3.63, 3.8) is 0 Å². The molecule has 0 amide bonds. The van der Waals surface area contributed by atoms with Gasteiger partial charge in [-0.05, 0) is 31.2 Å². The lowest BCUT2D eigenvalue weighted by atomic mass is 10.2. The van der Waals surface area contributed by atoms with E-state index in [1.54, 1.807) is 6.07 Å². The molecular formula is C12H10N4OS. The minimum atomic E-state index is -0.323. The standard InChI is InChI=1S/C12H10N4OS/c1-8-2-4-9(5-3-8)18-11-7-6-10-13-14-12(17)16(10)15-11/h2-7H,1H3,(H,14,17). The van der Waals surface area contributed by atoms with Crippen LogP contribution in [-0.2, 0) is 0 Å². The van der Waals surface area contributed by atoms with E-state index in [2.05, 4.69) is 15.3 Å². The second kappa shape index (κ2) is 4.30. The van der Waals surface area contributed by atoms with Crippen LogP contribution in [0.3, 0.4) is 0 Å². The Morgan fingerprint density at radius 1 is 1.17 bits per heavy atom. The van der Waals surface area contributed by atoms with Crippen LogP contribution >= 0.6 is 11.8 Å². The molecule has 3 aromatic rings. The lowest BCUT2D eigenvalue weighted by Gasteiger charge is -2.01. The van der Waals surface area contributed by atoms with Crippen molar-refractivity contribution in [3.8, 4) is 0 Å². The average molecular weight is 258 g/mol. The normalized spacial score (nSPS) is 10.9. The summed E-state index contributed by atoms with van der Waals surface area (Å²) < 4.78 is 1.26. The number of hydrogen-bond donors (Lipinski definition) is 1. The molecular weight excluding hydrogens is 248 g/mol. The van der Waals surface area contributed by atoms with Crippen molar-refractivity contribution in [2.75, 3.05) is 0 Å². The number of H-pyrrole nitrogens is 1. The summed E-state index contributed by atoms with van der Waals surface area (Å²) >= 11 is 1.51. The molecule has 1 N–H and O–H groups in total. The van der Waals surface area contributed by atoms with Gasteiger partial charge >= 0.3 is 5.69 Å².